The highest BCUT2D eigenvalue weighted by Gasteiger charge is 2.19. The van der Waals surface area contributed by atoms with Gasteiger partial charge in [0.2, 0.25) is 0 Å². The highest BCUT2D eigenvalue weighted by molar-refractivity contribution is 7.26. The van der Waals surface area contributed by atoms with E-state index in [1.54, 1.807) is 0 Å². The van der Waals surface area contributed by atoms with Crippen LogP contribution in [0.25, 0.3) is 69.6 Å². The Balaban J connectivity index is 1.13. The Morgan fingerprint density at radius 3 is 1.90 bits per heavy atom. The second kappa shape index (κ2) is 11.2. The quantitative estimate of drug-likeness (QED) is 0.181. The molecule has 0 fully saturated rings. The number of fused-ring (bicyclic) bond motifs is 8. The molecule has 230 valence electrons. The van der Waals surface area contributed by atoms with E-state index in [0.717, 1.165) is 17.1 Å². The highest BCUT2D eigenvalue weighted by Crippen LogP contribution is 2.44. The summed E-state index contributed by atoms with van der Waals surface area (Å²) in [6.07, 6.45) is 0. The van der Waals surface area contributed by atoms with Crippen molar-refractivity contribution in [2.45, 2.75) is 0 Å². The van der Waals surface area contributed by atoms with Gasteiger partial charge in [0, 0.05) is 53.7 Å². The molecule has 0 radical (unpaired) electrons. The summed E-state index contributed by atoms with van der Waals surface area (Å²) in [7, 11) is 0. The number of nitrogens with zero attached hydrogens (tertiary/aromatic N) is 2. The summed E-state index contributed by atoms with van der Waals surface area (Å²) in [6, 6.07) is 66.0. The van der Waals surface area contributed by atoms with Crippen LogP contribution in [0.3, 0.4) is 0 Å². The van der Waals surface area contributed by atoms with Crippen LogP contribution in [0.2, 0.25) is 0 Å². The first-order valence-corrected chi connectivity index (χ1v) is 17.5. The minimum atomic E-state index is 1.12. The van der Waals surface area contributed by atoms with E-state index < -0.39 is 0 Å². The number of aromatic nitrogens is 1. The lowest BCUT2D eigenvalue weighted by Gasteiger charge is -2.26. The molecule has 8 aromatic carbocycles. The van der Waals surface area contributed by atoms with E-state index in [2.05, 4.69) is 191 Å². The SMILES string of the molecule is c1ccc(N(c2ccc(-c3ccc4c5c6sc7ccccc7c6ccc5n(-c5ccccc5)c4c3)cc2)c2ccc3ccccc3c2)cc1. The number of para-hydroxylation sites is 2. The Kier molecular flexibility index (Phi) is 6.39. The van der Waals surface area contributed by atoms with Gasteiger partial charge in [0.25, 0.3) is 0 Å². The van der Waals surface area contributed by atoms with Gasteiger partial charge in [-0.15, -0.1) is 11.3 Å². The summed E-state index contributed by atoms with van der Waals surface area (Å²) in [5.74, 6) is 0. The van der Waals surface area contributed by atoms with Crippen molar-refractivity contribution in [3.63, 3.8) is 0 Å². The number of hydrogen-bond acceptors (Lipinski definition) is 2. The van der Waals surface area contributed by atoms with Gasteiger partial charge in [-0.25, -0.2) is 0 Å². The summed E-state index contributed by atoms with van der Waals surface area (Å²) < 4.78 is 5.11. The molecule has 2 aromatic heterocycles. The van der Waals surface area contributed by atoms with Crippen LogP contribution in [0.1, 0.15) is 0 Å². The monoisotopic (exact) mass is 642 g/mol. The lowest BCUT2D eigenvalue weighted by atomic mass is 10.0. The summed E-state index contributed by atoms with van der Waals surface area (Å²) in [5.41, 5.74) is 9.40. The second-order valence-electron chi connectivity index (χ2n) is 12.6. The van der Waals surface area contributed by atoms with Crippen molar-refractivity contribution < 1.29 is 0 Å². The minimum Gasteiger partial charge on any atom is -0.310 e. The van der Waals surface area contributed by atoms with Crippen LogP contribution in [-0.4, -0.2) is 4.57 Å². The summed E-state index contributed by atoms with van der Waals surface area (Å²) in [4.78, 5) is 2.34. The summed E-state index contributed by atoms with van der Waals surface area (Å²) in [5, 5.41) is 7.74. The van der Waals surface area contributed by atoms with Gasteiger partial charge in [-0.3, -0.25) is 0 Å². The van der Waals surface area contributed by atoms with Crippen LogP contribution in [-0.2, 0) is 0 Å². The fourth-order valence-electron chi connectivity index (χ4n) is 7.46. The fraction of sp³-hybridized carbons (Fsp3) is 0. The van der Waals surface area contributed by atoms with Crippen molar-refractivity contribution in [1.82, 2.24) is 4.57 Å². The normalized spacial score (nSPS) is 11.7. The third kappa shape index (κ3) is 4.55. The lowest BCUT2D eigenvalue weighted by Crippen LogP contribution is -2.09. The van der Waals surface area contributed by atoms with Crippen molar-refractivity contribution in [2.24, 2.45) is 0 Å². The molecule has 0 amide bonds. The Morgan fingerprint density at radius 1 is 0.408 bits per heavy atom. The first kappa shape index (κ1) is 27.9. The number of thiophene rings is 1. The molecule has 49 heavy (non-hydrogen) atoms. The van der Waals surface area contributed by atoms with Crippen LogP contribution in [0.5, 0.6) is 0 Å². The molecular weight excluding hydrogens is 613 g/mol. The first-order valence-electron chi connectivity index (χ1n) is 16.7. The van der Waals surface area contributed by atoms with Gasteiger partial charge in [0.05, 0.1) is 11.0 Å². The maximum absolute atomic E-state index is 2.43. The van der Waals surface area contributed by atoms with Crippen molar-refractivity contribution in [3.8, 4) is 16.8 Å². The Bertz CT molecular complexity index is 2810. The van der Waals surface area contributed by atoms with E-state index in [1.165, 1.54) is 69.6 Å². The van der Waals surface area contributed by atoms with Gasteiger partial charge in [-0.1, -0.05) is 115 Å². The molecule has 0 bridgehead atoms. The van der Waals surface area contributed by atoms with Crippen molar-refractivity contribution in [1.29, 1.82) is 0 Å². The Labute approximate surface area is 288 Å². The lowest BCUT2D eigenvalue weighted by molar-refractivity contribution is 1.18. The van der Waals surface area contributed by atoms with E-state index in [-0.39, 0.29) is 0 Å². The van der Waals surface area contributed by atoms with Crippen LogP contribution in [0.15, 0.2) is 182 Å². The molecule has 2 heterocycles. The third-order valence-corrected chi connectivity index (χ3v) is 11.0. The molecular formula is C46H30N2S. The molecule has 10 rings (SSSR count). The molecule has 0 saturated heterocycles. The Hall–Kier alpha value is -6.16. The molecule has 3 heteroatoms. The van der Waals surface area contributed by atoms with Gasteiger partial charge in [0.15, 0.2) is 0 Å². The highest BCUT2D eigenvalue weighted by atomic mass is 32.1. The topological polar surface area (TPSA) is 8.17 Å². The molecule has 0 saturated carbocycles. The van der Waals surface area contributed by atoms with Gasteiger partial charge in [-0.05, 0) is 88.6 Å². The standard InChI is InChI=1S/C46H30N2S/c1-3-13-35(14-4-1)47(38-25-21-31-11-7-8-12-33(31)29-38)37-23-19-32(20-24-37)34-22-26-41-43(30-34)48(36-15-5-2-6-16-36)42-28-27-40-39-17-9-10-18-44(39)49-46(40)45(41)42/h1-30H. The van der Waals surface area contributed by atoms with Crippen molar-refractivity contribution in [2.75, 3.05) is 4.90 Å². The van der Waals surface area contributed by atoms with Gasteiger partial charge in [-0.2, -0.15) is 0 Å². The fourth-order valence-corrected chi connectivity index (χ4v) is 8.72. The van der Waals surface area contributed by atoms with Gasteiger partial charge < -0.3 is 9.47 Å². The summed E-state index contributed by atoms with van der Waals surface area (Å²) >= 11 is 1.90. The van der Waals surface area contributed by atoms with E-state index >= 15 is 0 Å². The predicted molar refractivity (Wildman–Crippen MR) is 211 cm³/mol. The number of benzene rings is 8. The molecule has 0 unspecified atom stereocenters. The second-order valence-corrected chi connectivity index (χ2v) is 13.6. The minimum absolute atomic E-state index is 1.12. The predicted octanol–water partition coefficient (Wildman–Crippen LogP) is 13.4. The molecule has 10 aromatic rings. The smallest absolute Gasteiger partial charge is 0.0555 e. The zero-order valence-corrected chi connectivity index (χ0v) is 27.4. The maximum atomic E-state index is 2.43. The zero-order chi connectivity index (χ0) is 32.3. The number of rotatable bonds is 5. The molecule has 0 aliphatic carbocycles. The molecule has 2 nitrogen and oxygen atoms in total. The van der Waals surface area contributed by atoms with Crippen molar-refractivity contribution in [3.05, 3.63) is 182 Å². The average molecular weight is 643 g/mol. The van der Waals surface area contributed by atoms with E-state index in [0.29, 0.717) is 0 Å². The zero-order valence-electron chi connectivity index (χ0n) is 26.6. The van der Waals surface area contributed by atoms with Gasteiger partial charge >= 0.3 is 0 Å². The largest absolute Gasteiger partial charge is 0.310 e. The van der Waals surface area contributed by atoms with Crippen LogP contribution >= 0.6 is 11.3 Å². The van der Waals surface area contributed by atoms with Crippen molar-refractivity contribution >= 4 is 81.1 Å². The molecule has 0 atom stereocenters. The van der Waals surface area contributed by atoms with Crippen LogP contribution < -0.4 is 4.90 Å². The summed E-state index contributed by atoms with van der Waals surface area (Å²) in [6.45, 7) is 0. The first-order chi connectivity index (χ1) is 24.3. The molecule has 0 N–H and O–H groups in total. The van der Waals surface area contributed by atoms with Gasteiger partial charge in [0.1, 0.15) is 0 Å². The maximum Gasteiger partial charge on any atom is 0.0555 e. The number of anilines is 3. The van der Waals surface area contributed by atoms with Crippen LogP contribution in [0.4, 0.5) is 17.1 Å². The van der Waals surface area contributed by atoms with E-state index in [1.807, 2.05) is 11.3 Å². The number of hydrogen-bond donors (Lipinski definition) is 0. The molecule has 0 spiro atoms. The van der Waals surface area contributed by atoms with E-state index in [4.69, 9.17) is 0 Å². The molecule has 0 aliphatic rings. The van der Waals surface area contributed by atoms with Crippen LogP contribution in [0, 0.1) is 0 Å². The molecule has 0 aliphatic heterocycles. The third-order valence-electron chi connectivity index (χ3n) is 9.75. The average Bonchev–Trinajstić information content (AvgIpc) is 3.71. The van der Waals surface area contributed by atoms with E-state index in [9.17, 15) is 0 Å². The Morgan fingerprint density at radius 2 is 1.06 bits per heavy atom.